The maximum absolute atomic E-state index is 12.1. The van der Waals surface area contributed by atoms with Gasteiger partial charge in [-0.3, -0.25) is 4.79 Å². The summed E-state index contributed by atoms with van der Waals surface area (Å²) in [6.07, 6.45) is 8.04. The average molecular weight is 264 g/mol. The highest BCUT2D eigenvalue weighted by molar-refractivity contribution is 5.96. The van der Waals surface area contributed by atoms with Crippen LogP contribution in [0.2, 0.25) is 0 Å². The number of nitrogens with zero attached hydrogens (tertiary/aromatic N) is 2. The maximum Gasteiger partial charge on any atom is 0.273 e. The second-order valence-corrected chi connectivity index (χ2v) is 4.95. The van der Waals surface area contributed by atoms with Crippen molar-refractivity contribution in [3.63, 3.8) is 0 Å². The largest absolute Gasteiger partial charge is 0.396 e. The Bertz CT molecular complexity index is 438. The van der Waals surface area contributed by atoms with Gasteiger partial charge in [0.25, 0.3) is 5.91 Å². The Hall–Kier alpha value is -1.69. The van der Waals surface area contributed by atoms with Crippen molar-refractivity contribution in [3.05, 3.63) is 18.1 Å². The van der Waals surface area contributed by atoms with Crippen molar-refractivity contribution >= 4 is 11.7 Å². The molecule has 1 aliphatic rings. The average Bonchev–Trinajstić information content (AvgIpc) is 2.64. The van der Waals surface area contributed by atoms with Crippen molar-refractivity contribution < 1.29 is 9.90 Å². The normalized spacial score (nSPS) is 23.6. The summed E-state index contributed by atoms with van der Waals surface area (Å²) in [6.45, 7) is 0.0981. The molecule has 1 heterocycles. The van der Waals surface area contributed by atoms with Crippen LogP contribution in [0, 0.1) is 5.92 Å². The van der Waals surface area contributed by atoms with Gasteiger partial charge in [0.15, 0.2) is 11.5 Å². The van der Waals surface area contributed by atoms with E-state index in [-0.39, 0.29) is 36.0 Å². The molecule has 0 spiro atoms. The number of aliphatic hydroxyl groups excluding tert-OH is 1. The SMILES string of the molecule is Nc1nccnc1C(=O)NC1CCCCCC1CO. The summed E-state index contributed by atoms with van der Waals surface area (Å²) < 4.78 is 0. The van der Waals surface area contributed by atoms with Crippen LogP contribution in [0.3, 0.4) is 0 Å². The quantitative estimate of drug-likeness (QED) is 0.699. The van der Waals surface area contributed by atoms with Gasteiger partial charge in [0, 0.05) is 31.0 Å². The predicted molar refractivity (Wildman–Crippen MR) is 71.4 cm³/mol. The molecule has 6 heteroatoms. The lowest BCUT2D eigenvalue weighted by Crippen LogP contribution is -2.41. The molecule has 0 aliphatic heterocycles. The fourth-order valence-corrected chi connectivity index (χ4v) is 2.55. The number of nitrogen functional groups attached to an aromatic ring is 1. The molecule has 2 atom stereocenters. The van der Waals surface area contributed by atoms with Crippen LogP contribution < -0.4 is 11.1 Å². The number of rotatable bonds is 3. The van der Waals surface area contributed by atoms with Gasteiger partial charge in [-0.05, 0) is 12.8 Å². The fraction of sp³-hybridized carbons (Fsp3) is 0.615. The number of carbonyl (C=O) groups is 1. The number of aliphatic hydroxyl groups is 1. The monoisotopic (exact) mass is 264 g/mol. The molecule has 0 aromatic carbocycles. The smallest absolute Gasteiger partial charge is 0.273 e. The minimum absolute atomic E-state index is 0.0126. The molecule has 0 bridgehead atoms. The van der Waals surface area contributed by atoms with Crippen LogP contribution in [0.1, 0.15) is 42.6 Å². The zero-order chi connectivity index (χ0) is 13.7. The Morgan fingerprint density at radius 2 is 2.05 bits per heavy atom. The Morgan fingerprint density at radius 3 is 2.79 bits per heavy atom. The van der Waals surface area contributed by atoms with Crippen LogP contribution >= 0.6 is 0 Å². The Balaban J connectivity index is 2.06. The van der Waals surface area contributed by atoms with E-state index in [1.165, 1.54) is 12.4 Å². The Kier molecular flexibility index (Phi) is 4.68. The third-order valence-electron chi connectivity index (χ3n) is 3.65. The summed E-state index contributed by atoms with van der Waals surface area (Å²) in [4.78, 5) is 19.9. The van der Waals surface area contributed by atoms with Crippen LogP contribution in [0.4, 0.5) is 5.82 Å². The zero-order valence-corrected chi connectivity index (χ0v) is 10.9. The molecular weight excluding hydrogens is 244 g/mol. The summed E-state index contributed by atoms with van der Waals surface area (Å²) in [6, 6.07) is -0.0126. The van der Waals surface area contributed by atoms with E-state index in [9.17, 15) is 9.90 Å². The minimum atomic E-state index is -0.309. The van der Waals surface area contributed by atoms with Crippen LogP contribution in [-0.4, -0.2) is 33.6 Å². The van der Waals surface area contributed by atoms with Crippen molar-refractivity contribution in [3.8, 4) is 0 Å². The first-order chi connectivity index (χ1) is 9.22. The first-order valence-corrected chi connectivity index (χ1v) is 6.70. The molecule has 0 saturated heterocycles. The second-order valence-electron chi connectivity index (χ2n) is 4.95. The first kappa shape index (κ1) is 13.7. The summed E-state index contributed by atoms with van der Waals surface area (Å²) in [7, 11) is 0. The number of aromatic nitrogens is 2. The van der Waals surface area contributed by atoms with Crippen LogP contribution in [0.5, 0.6) is 0 Å². The van der Waals surface area contributed by atoms with E-state index in [2.05, 4.69) is 15.3 Å². The Labute approximate surface area is 112 Å². The van der Waals surface area contributed by atoms with Crippen LogP contribution in [-0.2, 0) is 0 Å². The van der Waals surface area contributed by atoms with E-state index in [4.69, 9.17) is 5.73 Å². The molecule has 1 fully saturated rings. The molecule has 104 valence electrons. The lowest BCUT2D eigenvalue weighted by Gasteiger charge is -2.24. The van der Waals surface area contributed by atoms with Gasteiger partial charge in [-0.2, -0.15) is 0 Å². The van der Waals surface area contributed by atoms with Gasteiger partial charge in [-0.15, -0.1) is 0 Å². The minimum Gasteiger partial charge on any atom is -0.396 e. The van der Waals surface area contributed by atoms with Gasteiger partial charge >= 0.3 is 0 Å². The number of carbonyl (C=O) groups excluding carboxylic acids is 1. The third kappa shape index (κ3) is 3.41. The van der Waals surface area contributed by atoms with Crippen molar-refractivity contribution in [2.45, 2.75) is 38.1 Å². The summed E-state index contributed by atoms with van der Waals surface area (Å²) >= 11 is 0. The van der Waals surface area contributed by atoms with E-state index < -0.39 is 0 Å². The molecule has 19 heavy (non-hydrogen) atoms. The van der Waals surface area contributed by atoms with E-state index in [1.54, 1.807) is 0 Å². The molecule has 1 aliphatic carbocycles. The van der Waals surface area contributed by atoms with E-state index in [0.717, 1.165) is 32.1 Å². The second kappa shape index (κ2) is 6.47. The highest BCUT2D eigenvalue weighted by Gasteiger charge is 2.26. The highest BCUT2D eigenvalue weighted by Crippen LogP contribution is 2.23. The summed E-state index contributed by atoms with van der Waals surface area (Å²) in [5.74, 6) is -0.0607. The van der Waals surface area contributed by atoms with Crippen molar-refractivity contribution in [2.75, 3.05) is 12.3 Å². The standard InChI is InChI=1S/C13H20N4O2/c14-12-11(15-6-7-16-12)13(19)17-10-5-3-1-2-4-9(10)8-18/h6-7,9-10,18H,1-5,8H2,(H2,14,16)(H,17,19). The van der Waals surface area contributed by atoms with Crippen molar-refractivity contribution in [1.29, 1.82) is 0 Å². The highest BCUT2D eigenvalue weighted by atomic mass is 16.3. The number of hydrogen-bond donors (Lipinski definition) is 3. The molecule has 0 radical (unpaired) electrons. The van der Waals surface area contributed by atoms with Crippen LogP contribution in [0.25, 0.3) is 0 Å². The topological polar surface area (TPSA) is 101 Å². The van der Waals surface area contributed by atoms with Crippen molar-refractivity contribution in [1.82, 2.24) is 15.3 Å². The summed E-state index contributed by atoms with van der Waals surface area (Å²) in [5.41, 5.74) is 5.80. The molecule has 6 nitrogen and oxygen atoms in total. The van der Waals surface area contributed by atoms with Gasteiger partial charge < -0.3 is 16.2 Å². The molecule has 4 N–H and O–H groups in total. The number of amides is 1. The van der Waals surface area contributed by atoms with Gasteiger partial charge in [0.05, 0.1) is 0 Å². The zero-order valence-electron chi connectivity index (χ0n) is 10.9. The molecule has 2 rings (SSSR count). The lowest BCUT2D eigenvalue weighted by atomic mass is 9.95. The number of anilines is 1. The van der Waals surface area contributed by atoms with E-state index in [1.807, 2.05) is 0 Å². The molecule has 2 unspecified atom stereocenters. The lowest BCUT2D eigenvalue weighted by molar-refractivity contribution is 0.0895. The van der Waals surface area contributed by atoms with Gasteiger partial charge in [0.2, 0.25) is 0 Å². The number of nitrogens with two attached hydrogens (primary N) is 1. The molecule has 1 aromatic heterocycles. The van der Waals surface area contributed by atoms with Crippen LogP contribution in [0.15, 0.2) is 12.4 Å². The maximum atomic E-state index is 12.1. The van der Waals surface area contributed by atoms with E-state index in [0.29, 0.717) is 0 Å². The number of hydrogen-bond acceptors (Lipinski definition) is 5. The predicted octanol–water partition coefficient (Wildman–Crippen LogP) is 0.730. The van der Waals surface area contributed by atoms with Gasteiger partial charge in [-0.1, -0.05) is 19.3 Å². The number of nitrogens with one attached hydrogen (secondary N) is 1. The molecule has 1 amide bonds. The Morgan fingerprint density at radius 1 is 1.32 bits per heavy atom. The van der Waals surface area contributed by atoms with Crippen molar-refractivity contribution in [2.24, 2.45) is 5.92 Å². The summed E-state index contributed by atoms with van der Waals surface area (Å²) in [5, 5.41) is 12.4. The van der Waals surface area contributed by atoms with E-state index >= 15 is 0 Å². The first-order valence-electron chi connectivity index (χ1n) is 6.70. The van der Waals surface area contributed by atoms with Gasteiger partial charge in [-0.25, -0.2) is 9.97 Å². The third-order valence-corrected chi connectivity index (χ3v) is 3.65. The van der Waals surface area contributed by atoms with Gasteiger partial charge in [0.1, 0.15) is 0 Å². The molecule has 1 saturated carbocycles. The fourth-order valence-electron chi connectivity index (χ4n) is 2.55. The molecular formula is C13H20N4O2. The molecule has 1 aromatic rings.